The lowest BCUT2D eigenvalue weighted by Crippen LogP contribution is -2.47. The van der Waals surface area contributed by atoms with Crippen LogP contribution in [0.2, 0.25) is 0 Å². The Labute approximate surface area is 93.4 Å². The van der Waals surface area contributed by atoms with Gasteiger partial charge in [-0.15, -0.1) is 0 Å². The number of hydrogen-bond donors (Lipinski definition) is 1. The molecule has 0 spiro atoms. The largest absolute Gasteiger partial charge is 0.376 e. The van der Waals surface area contributed by atoms with Gasteiger partial charge >= 0.3 is 0 Å². The molecule has 0 N–H and O–H groups in total. The number of thiol groups is 1. The Morgan fingerprint density at radius 2 is 2.07 bits per heavy atom. The van der Waals surface area contributed by atoms with Crippen molar-refractivity contribution in [2.24, 2.45) is 0 Å². The average molecular weight is 217 g/mol. The fourth-order valence-corrected chi connectivity index (χ4v) is 2.11. The molecular formula is C11H23NOS. The van der Waals surface area contributed by atoms with Crippen LogP contribution < -0.4 is 0 Å². The molecule has 0 saturated carbocycles. The SMILES string of the molecule is CC1CN(CCCCCS)C(C)CO1. The molecule has 0 radical (unpaired) electrons. The first-order valence-corrected chi connectivity index (χ1v) is 6.33. The molecular weight excluding hydrogens is 194 g/mol. The summed E-state index contributed by atoms with van der Waals surface area (Å²) in [7, 11) is 0. The molecule has 0 bridgehead atoms. The first-order valence-electron chi connectivity index (χ1n) is 5.70. The summed E-state index contributed by atoms with van der Waals surface area (Å²) >= 11 is 4.22. The molecule has 0 aromatic carbocycles. The number of unbranched alkanes of at least 4 members (excludes halogenated alkanes) is 2. The molecule has 84 valence electrons. The number of nitrogens with zero attached hydrogens (tertiary/aromatic N) is 1. The molecule has 14 heavy (non-hydrogen) atoms. The van der Waals surface area contributed by atoms with Gasteiger partial charge in [-0.25, -0.2) is 0 Å². The molecule has 1 saturated heterocycles. The highest BCUT2D eigenvalue weighted by molar-refractivity contribution is 7.80. The van der Waals surface area contributed by atoms with Crippen LogP contribution in [0.1, 0.15) is 33.1 Å². The molecule has 2 atom stereocenters. The van der Waals surface area contributed by atoms with Crippen LogP contribution in [0.5, 0.6) is 0 Å². The first kappa shape index (κ1) is 12.3. The minimum atomic E-state index is 0.413. The second-order valence-corrected chi connectivity index (χ2v) is 4.72. The van der Waals surface area contributed by atoms with Crippen LogP contribution in [0.25, 0.3) is 0 Å². The van der Waals surface area contributed by atoms with Crippen LogP contribution >= 0.6 is 12.6 Å². The van der Waals surface area contributed by atoms with Crippen molar-refractivity contribution in [3.05, 3.63) is 0 Å². The van der Waals surface area contributed by atoms with E-state index in [-0.39, 0.29) is 0 Å². The highest BCUT2D eigenvalue weighted by atomic mass is 32.1. The van der Waals surface area contributed by atoms with Crippen LogP contribution in [-0.4, -0.2) is 42.5 Å². The molecule has 3 heteroatoms. The molecule has 1 heterocycles. The fraction of sp³-hybridized carbons (Fsp3) is 1.00. The summed E-state index contributed by atoms with van der Waals surface area (Å²) in [5.41, 5.74) is 0. The van der Waals surface area contributed by atoms with Gasteiger partial charge < -0.3 is 4.74 Å². The van der Waals surface area contributed by atoms with Crippen molar-refractivity contribution in [2.75, 3.05) is 25.4 Å². The zero-order valence-electron chi connectivity index (χ0n) is 9.41. The van der Waals surface area contributed by atoms with E-state index in [0.29, 0.717) is 12.1 Å². The van der Waals surface area contributed by atoms with Crippen LogP contribution in [0.3, 0.4) is 0 Å². The molecule has 1 aliphatic rings. The number of hydrogen-bond acceptors (Lipinski definition) is 3. The van der Waals surface area contributed by atoms with E-state index >= 15 is 0 Å². The Hall–Kier alpha value is 0.270. The maximum Gasteiger partial charge on any atom is 0.0674 e. The van der Waals surface area contributed by atoms with E-state index in [0.717, 1.165) is 18.9 Å². The van der Waals surface area contributed by atoms with Crippen LogP contribution in [0, 0.1) is 0 Å². The lowest BCUT2D eigenvalue weighted by Gasteiger charge is -2.36. The summed E-state index contributed by atoms with van der Waals surface area (Å²) < 4.78 is 5.59. The standard InChI is InChI=1S/C11H23NOS/c1-10-9-13-11(2)8-12(10)6-4-3-5-7-14/h10-11,14H,3-9H2,1-2H3. The van der Waals surface area contributed by atoms with Crippen molar-refractivity contribution in [3.8, 4) is 0 Å². The van der Waals surface area contributed by atoms with Crippen molar-refractivity contribution >= 4 is 12.6 Å². The molecule has 0 amide bonds. The molecule has 2 nitrogen and oxygen atoms in total. The first-order chi connectivity index (χ1) is 6.74. The lowest BCUT2D eigenvalue weighted by atomic mass is 10.1. The van der Waals surface area contributed by atoms with E-state index in [1.807, 2.05) is 0 Å². The zero-order valence-corrected chi connectivity index (χ0v) is 10.3. The zero-order chi connectivity index (χ0) is 10.4. The summed E-state index contributed by atoms with van der Waals surface area (Å²) in [5, 5.41) is 0. The van der Waals surface area contributed by atoms with E-state index in [9.17, 15) is 0 Å². The lowest BCUT2D eigenvalue weighted by molar-refractivity contribution is -0.0496. The van der Waals surface area contributed by atoms with Crippen molar-refractivity contribution in [1.29, 1.82) is 0 Å². The van der Waals surface area contributed by atoms with Gasteiger partial charge in [-0.05, 0) is 39.0 Å². The van der Waals surface area contributed by atoms with Gasteiger partial charge in [0.2, 0.25) is 0 Å². The Morgan fingerprint density at radius 1 is 1.29 bits per heavy atom. The minimum absolute atomic E-state index is 0.413. The van der Waals surface area contributed by atoms with E-state index in [4.69, 9.17) is 4.74 Å². The number of rotatable bonds is 5. The van der Waals surface area contributed by atoms with Gasteiger partial charge in [-0.3, -0.25) is 4.90 Å². The van der Waals surface area contributed by atoms with E-state index in [2.05, 4.69) is 31.4 Å². The van der Waals surface area contributed by atoms with Crippen LogP contribution in [-0.2, 0) is 4.74 Å². The maximum atomic E-state index is 5.59. The molecule has 1 rings (SSSR count). The third-order valence-corrected chi connectivity index (χ3v) is 3.16. The Kier molecular flexibility index (Phi) is 5.90. The summed E-state index contributed by atoms with van der Waals surface area (Å²) in [4.78, 5) is 2.55. The van der Waals surface area contributed by atoms with Gasteiger partial charge in [-0.2, -0.15) is 12.6 Å². The molecule has 0 aromatic heterocycles. The normalized spacial score (nSPS) is 29.4. The molecule has 1 aliphatic heterocycles. The van der Waals surface area contributed by atoms with Gasteiger partial charge in [0.25, 0.3) is 0 Å². The highest BCUT2D eigenvalue weighted by Crippen LogP contribution is 2.12. The molecule has 0 aliphatic carbocycles. The number of ether oxygens (including phenoxy) is 1. The van der Waals surface area contributed by atoms with E-state index < -0.39 is 0 Å². The van der Waals surface area contributed by atoms with Crippen LogP contribution in [0.15, 0.2) is 0 Å². The second kappa shape index (κ2) is 6.70. The smallest absolute Gasteiger partial charge is 0.0674 e. The fourth-order valence-electron chi connectivity index (χ4n) is 1.89. The highest BCUT2D eigenvalue weighted by Gasteiger charge is 2.22. The van der Waals surface area contributed by atoms with Crippen molar-refractivity contribution in [3.63, 3.8) is 0 Å². The van der Waals surface area contributed by atoms with Crippen LogP contribution in [0.4, 0.5) is 0 Å². The predicted octanol–water partition coefficient (Wildman–Crippen LogP) is 2.20. The van der Waals surface area contributed by atoms with E-state index in [1.54, 1.807) is 0 Å². The predicted molar refractivity (Wildman–Crippen MR) is 64.2 cm³/mol. The van der Waals surface area contributed by atoms with Crippen molar-refractivity contribution < 1.29 is 4.74 Å². The van der Waals surface area contributed by atoms with Gasteiger partial charge in [0, 0.05) is 12.6 Å². The third kappa shape index (κ3) is 4.20. The summed E-state index contributed by atoms with van der Waals surface area (Å²) in [6.07, 6.45) is 4.27. The van der Waals surface area contributed by atoms with Crippen molar-refractivity contribution in [1.82, 2.24) is 4.90 Å². The average Bonchev–Trinajstić information content (AvgIpc) is 2.18. The Bertz CT molecular complexity index is 154. The maximum absolute atomic E-state index is 5.59. The van der Waals surface area contributed by atoms with E-state index in [1.165, 1.54) is 25.8 Å². The quantitative estimate of drug-likeness (QED) is 0.560. The Balaban J connectivity index is 2.14. The monoisotopic (exact) mass is 217 g/mol. The topological polar surface area (TPSA) is 12.5 Å². The van der Waals surface area contributed by atoms with Crippen molar-refractivity contribution in [2.45, 2.75) is 45.3 Å². The molecule has 1 fully saturated rings. The second-order valence-electron chi connectivity index (χ2n) is 4.27. The van der Waals surface area contributed by atoms with Gasteiger partial charge in [0.1, 0.15) is 0 Å². The van der Waals surface area contributed by atoms with Gasteiger partial charge in [0.05, 0.1) is 12.7 Å². The summed E-state index contributed by atoms with van der Waals surface area (Å²) in [5.74, 6) is 1.02. The third-order valence-electron chi connectivity index (χ3n) is 2.84. The van der Waals surface area contributed by atoms with Gasteiger partial charge in [-0.1, -0.05) is 6.42 Å². The summed E-state index contributed by atoms with van der Waals surface area (Å²) in [6, 6.07) is 0.599. The summed E-state index contributed by atoms with van der Waals surface area (Å²) in [6.45, 7) is 7.63. The molecule has 0 aromatic rings. The Morgan fingerprint density at radius 3 is 2.79 bits per heavy atom. The van der Waals surface area contributed by atoms with Gasteiger partial charge in [0.15, 0.2) is 0 Å². The minimum Gasteiger partial charge on any atom is -0.376 e. The molecule has 2 unspecified atom stereocenters. The number of morpholine rings is 1.